The fourth-order valence-corrected chi connectivity index (χ4v) is 1.62. The molecule has 0 aliphatic rings. The third-order valence-electron chi connectivity index (χ3n) is 1.84. The molecule has 0 amide bonds. The van der Waals surface area contributed by atoms with Gasteiger partial charge in [0, 0.05) is 0 Å². The summed E-state index contributed by atoms with van der Waals surface area (Å²) in [6.45, 7) is 0. The quantitative estimate of drug-likeness (QED) is 0.610. The molecule has 0 aliphatic carbocycles. The Morgan fingerprint density at radius 1 is 1.33 bits per heavy atom. The summed E-state index contributed by atoms with van der Waals surface area (Å²) in [6.07, 6.45) is 0.138. The van der Waals surface area contributed by atoms with Gasteiger partial charge >= 0.3 is 5.97 Å². The summed E-state index contributed by atoms with van der Waals surface area (Å²) < 4.78 is 22.7. The predicted octanol–water partition coefficient (Wildman–Crippen LogP) is -0.202. The smallest absolute Gasteiger partial charge is 0.322 e. The summed E-state index contributed by atoms with van der Waals surface area (Å²) in [5, 5.41) is 8.75. The van der Waals surface area contributed by atoms with Crippen LogP contribution in [-0.4, -0.2) is 25.5 Å². The third kappa shape index (κ3) is 4.09. The van der Waals surface area contributed by atoms with E-state index in [2.05, 4.69) is 0 Å². The zero-order valence-corrected chi connectivity index (χ0v) is 8.68. The maximum Gasteiger partial charge on any atom is 0.322 e. The highest BCUT2D eigenvalue weighted by molar-refractivity contribution is 7.70. The molecule has 1 aromatic rings. The second-order valence-corrected chi connectivity index (χ2v) is 3.74. The monoisotopic (exact) mass is 229 g/mol. The van der Waals surface area contributed by atoms with E-state index in [1.54, 1.807) is 30.3 Å². The molecule has 0 aliphatic heterocycles. The van der Waals surface area contributed by atoms with Crippen LogP contribution in [0.1, 0.15) is 5.56 Å². The van der Waals surface area contributed by atoms with Crippen molar-refractivity contribution in [1.82, 2.24) is 4.72 Å². The van der Waals surface area contributed by atoms with Crippen LogP contribution in [0.5, 0.6) is 0 Å². The highest BCUT2D eigenvalue weighted by Crippen LogP contribution is 2.03. The number of thiol groups is 1. The van der Waals surface area contributed by atoms with Crippen molar-refractivity contribution >= 4 is 16.9 Å². The van der Waals surface area contributed by atoms with Crippen LogP contribution in [0.3, 0.4) is 0 Å². The van der Waals surface area contributed by atoms with Gasteiger partial charge in [-0.05, 0) is 12.0 Å². The Hall–Kier alpha value is -1.40. The molecule has 1 rings (SSSR count). The Balaban J connectivity index is 2.71. The minimum atomic E-state index is -2.90. The van der Waals surface area contributed by atoms with Crippen molar-refractivity contribution in [2.75, 3.05) is 0 Å². The molecule has 15 heavy (non-hydrogen) atoms. The Morgan fingerprint density at radius 3 is 2.40 bits per heavy atom. The van der Waals surface area contributed by atoms with Gasteiger partial charge in [-0.25, -0.2) is 13.1 Å². The summed E-state index contributed by atoms with van der Waals surface area (Å²) in [7, 11) is -2.90. The van der Waals surface area contributed by atoms with E-state index in [-0.39, 0.29) is 6.42 Å². The number of hydrogen-bond donors (Lipinski definition) is 3. The molecule has 0 fully saturated rings. The molecule has 1 atom stereocenters. The number of nitrogens with one attached hydrogen (secondary N) is 1. The van der Waals surface area contributed by atoms with E-state index in [1.807, 2.05) is 4.72 Å². The SMILES string of the molecule is O=C(O)[C@H](Cc1ccccc1)N[SH](=O)=O. The largest absolute Gasteiger partial charge is 0.480 e. The summed E-state index contributed by atoms with van der Waals surface area (Å²) in [6, 6.07) is 7.73. The summed E-state index contributed by atoms with van der Waals surface area (Å²) in [5.74, 6) is -1.18. The van der Waals surface area contributed by atoms with Crippen LogP contribution < -0.4 is 4.72 Å². The van der Waals surface area contributed by atoms with Crippen molar-refractivity contribution in [1.29, 1.82) is 0 Å². The fourth-order valence-electron chi connectivity index (χ4n) is 1.17. The molecular formula is C9H11NO4S. The number of rotatable bonds is 5. The maximum atomic E-state index is 10.7. The van der Waals surface area contributed by atoms with Crippen LogP contribution in [-0.2, 0) is 22.1 Å². The van der Waals surface area contributed by atoms with Gasteiger partial charge in [-0.2, -0.15) is 0 Å². The van der Waals surface area contributed by atoms with Crippen molar-refractivity contribution in [2.24, 2.45) is 0 Å². The van der Waals surface area contributed by atoms with E-state index in [1.165, 1.54) is 0 Å². The second kappa shape index (κ2) is 5.47. The first kappa shape index (κ1) is 11.7. The van der Waals surface area contributed by atoms with Crippen molar-refractivity contribution < 1.29 is 18.3 Å². The molecule has 0 bridgehead atoms. The lowest BCUT2D eigenvalue weighted by Crippen LogP contribution is -2.37. The summed E-state index contributed by atoms with van der Waals surface area (Å²) in [4.78, 5) is 10.7. The maximum absolute atomic E-state index is 10.7. The van der Waals surface area contributed by atoms with E-state index in [9.17, 15) is 13.2 Å². The summed E-state index contributed by atoms with van der Waals surface area (Å²) >= 11 is 0. The normalized spacial score (nSPS) is 12.6. The predicted molar refractivity (Wildman–Crippen MR) is 55.0 cm³/mol. The first-order valence-corrected chi connectivity index (χ1v) is 5.44. The van der Waals surface area contributed by atoms with E-state index < -0.39 is 22.9 Å². The van der Waals surface area contributed by atoms with Gasteiger partial charge in [0.2, 0.25) is 10.9 Å². The van der Waals surface area contributed by atoms with Gasteiger partial charge in [-0.3, -0.25) is 4.79 Å². The van der Waals surface area contributed by atoms with Gasteiger partial charge in [0.1, 0.15) is 6.04 Å². The molecule has 82 valence electrons. The van der Waals surface area contributed by atoms with E-state index >= 15 is 0 Å². The molecule has 0 unspecified atom stereocenters. The van der Waals surface area contributed by atoms with E-state index in [4.69, 9.17) is 5.11 Å². The lowest BCUT2D eigenvalue weighted by Gasteiger charge is -2.09. The van der Waals surface area contributed by atoms with Gasteiger partial charge in [0.25, 0.3) is 0 Å². The molecule has 0 spiro atoms. The number of benzene rings is 1. The average molecular weight is 229 g/mol. The Kier molecular flexibility index (Phi) is 4.26. The zero-order chi connectivity index (χ0) is 11.3. The number of aliphatic carboxylic acids is 1. The molecule has 0 saturated heterocycles. The van der Waals surface area contributed by atoms with Gasteiger partial charge in [-0.15, -0.1) is 0 Å². The molecule has 0 aromatic heterocycles. The summed E-state index contributed by atoms with van der Waals surface area (Å²) in [5.41, 5.74) is 0.772. The first-order chi connectivity index (χ1) is 7.09. The molecule has 2 N–H and O–H groups in total. The van der Waals surface area contributed by atoms with Gasteiger partial charge < -0.3 is 5.11 Å². The topological polar surface area (TPSA) is 83.5 Å². The molecule has 0 saturated carbocycles. The highest BCUT2D eigenvalue weighted by Gasteiger charge is 2.17. The van der Waals surface area contributed by atoms with Crippen LogP contribution in [0.2, 0.25) is 0 Å². The van der Waals surface area contributed by atoms with Gasteiger partial charge in [-0.1, -0.05) is 30.3 Å². The van der Waals surface area contributed by atoms with Gasteiger partial charge in [0.05, 0.1) is 0 Å². The average Bonchev–Trinajstić information content (AvgIpc) is 2.17. The molecule has 0 heterocycles. The van der Waals surface area contributed by atoms with Crippen LogP contribution in [0.15, 0.2) is 30.3 Å². The minimum absolute atomic E-state index is 0.138. The van der Waals surface area contributed by atoms with Crippen LogP contribution in [0, 0.1) is 0 Å². The number of carbonyl (C=O) groups is 1. The highest BCUT2D eigenvalue weighted by atomic mass is 32.2. The molecular weight excluding hydrogens is 218 g/mol. The lowest BCUT2D eigenvalue weighted by atomic mass is 10.1. The second-order valence-electron chi connectivity index (χ2n) is 2.97. The standard InChI is InChI=1S/C9H11NO4S/c11-9(12)8(10-15(13)14)6-7-4-2-1-3-5-7/h1-5,8,15H,6H2,(H,11,12)(H,10,13,14)/t8-/m0/s1. The van der Waals surface area contributed by atoms with Crippen LogP contribution in [0.25, 0.3) is 0 Å². The Morgan fingerprint density at radius 2 is 1.93 bits per heavy atom. The molecule has 6 heteroatoms. The van der Waals surface area contributed by atoms with Crippen molar-refractivity contribution in [3.63, 3.8) is 0 Å². The Labute approximate surface area is 88.8 Å². The first-order valence-electron chi connectivity index (χ1n) is 4.27. The van der Waals surface area contributed by atoms with Gasteiger partial charge in [0.15, 0.2) is 0 Å². The molecule has 5 nitrogen and oxygen atoms in total. The lowest BCUT2D eigenvalue weighted by molar-refractivity contribution is -0.138. The number of hydrogen-bond acceptors (Lipinski definition) is 3. The zero-order valence-electron chi connectivity index (χ0n) is 7.79. The van der Waals surface area contributed by atoms with Crippen molar-refractivity contribution in [3.8, 4) is 0 Å². The van der Waals surface area contributed by atoms with Crippen LogP contribution >= 0.6 is 0 Å². The van der Waals surface area contributed by atoms with E-state index in [0.717, 1.165) is 5.56 Å². The number of carboxylic acids is 1. The third-order valence-corrected chi connectivity index (χ3v) is 2.36. The fraction of sp³-hybridized carbons (Fsp3) is 0.222. The number of carboxylic acid groups (broad SMARTS) is 1. The molecule has 1 aromatic carbocycles. The van der Waals surface area contributed by atoms with Crippen molar-refractivity contribution in [2.45, 2.75) is 12.5 Å². The van der Waals surface area contributed by atoms with E-state index in [0.29, 0.717) is 0 Å². The molecule has 0 radical (unpaired) electrons. The van der Waals surface area contributed by atoms with Crippen molar-refractivity contribution in [3.05, 3.63) is 35.9 Å². The minimum Gasteiger partial charge on any atom is -0.480 e. The van der Waals surface area contributed by atoms with Crippen LogP contribution in [0.4, 0.5) is 0 Å². The Bertz CT molecular complexity index is 394.